The Kier molecular flexibility index (Phi) is 3.70. The van der Waals surface area contributed by atoms with Gasteiger partial charge in [-0.3, -0.25) is 0 Å². The molecule has 2 aromatic heterocycles. The maximum Gasteiger partial charge on any atom is 0.183 e. The minimum absolute atomic E-state index is 0.266. The molecule has 24 heavy (non-hydrogen) atoms. The summed E-state index contributed by atoms with van der Waals surface area (Å²) in [6.07, 6.45) is 0. The van der Waals surface area contributed by atoms with Crippen molar-refractivity contribution in [2.45, 2.75) is 6.92 Å². The highest BCUT2D eigenvalue weighted by Gasteiger charge is 2.13. The fourth-order valence-corrected chi connectivity index (χ4v) is 3.24. The standard InChI is InChI=1S/C19H13FN2OS/c1-12-3-2-4-14(11-12)18-21-22-19(24-18)17-10-9-16(23-17)13-5-7-15(20)8-6-13/h2-11H,1H3. The van der Waals surface area contributed by atoms with E-state index in [1.54, 1.807) is 12.1 Å². The zero-order chi connectivity index (χ0) is 16.5. The van der Waals surface area contributed by atoms with E-state index in [2.05, 4.69) is 16.3 Å². The average Bonchev–Trinajstić information content (AvgIpc) is 3.25. The summed E-state index contributed by atoms with van der Waals surface area (Å²) < 4.78 is 18.9. The number of halogens is 1. The molecule has 0 N–H and O–H groups in total. The first-order valence-corrected chi connectivity index (χ1v) is 8.27. The van der Waals surface area contributed by atoms with Crippen molar-refractivity contribution in [1.82, 2.24) is 10.2 Å². The van der Waals surface area contributed by atoms with E-state index in [4.69, 9.17) is 4.42 Å². The Morgan fingerprint density at radius 1 is 0.833 bits per heavy atom. The Hall–Kier alpha value is -2.79. The van der Waals surface area contributed by atoms with E-state index in [1.165, 1.54) is 29.0 Å². The van der Waals surface area contributed by atoms with Crippen molar-refractivity contribution >= 4 is 11.3 Å². The van der Waals surface area contributed by atoms with E-state index >= 15 is 0 Å². The van der Waals surface area contributed by atoms with Crippen molar-refractivity contribution < 1.29 is 8.81 Å². The summed E-state index contributed by atoms with van der Waals surface area (Å²) in [4.78, 5) is 0. The molecular formula is C19H13FN2OS. The van der Waals surface area contributed by atoms with Crippen molar-refractivity contribution in [3.05, 3.63) is 72.0 Å². The van der Waals surface area contributed by atoms with Crippen molar-refractivity contribution in [1.29, 1.82) is 0 Å². The molecule has 0 atom stereocenters. The van der Waals surface area contributed by atoms with Crippen LogP contribution in [0.5, 0.6) is 0 Å². The van der Waals surface area contributed by atoms with Gasteiger partial charge in [0, 0.05) is 11.1 Å². The van der Waals surface area contributed by atoms with Crippen LogP contribution in [0.3, 0.4) is 0 Å². The number of hydrogen-bond donors (Lipinski definition) is 0. The summed E-state index contributed by atoms with van der Waals surface area (Å²) in [6, 6.07) is 18.1. The number of furan rings is 1. The molecule has 0 aliphatic rings. The lowest BCUT2D eigenvalue weighted by molar-refractivity contribution is 0.595. The quantitative estimate of drug-likeness (QED) is 0.490. The highest BCUT2D eigenvalue weighted by molar-refractivity contribution is 7.17. The molecule has 0 radical (unpaired) electrons. The largest absolute Gasteiger partial charge is 0.454 e. The van der Waals surface area contributed by atoms with Gasteiger partial charge in [-0.2, -0.15) is 0 Å². The van der Waals surface area contributed by atoms with Crippen LogP contribution in [0, 0.1) is 12.7 Å². The minimum Gasteiger partial charge on any atom is -0.454 e. The highest BCUT2D eigenvalue weighted by atomic mass is 32.1. The fraction of sp³-hybridized carbons (Fsp3) is 0.0526. The lowest BCUT2D eigenvalue weighted by atomic mass is 10.1. The van der Waals surface area contributed by atoms with Crippen LogP contribution in [0.2, 0.25) is 0 Å². The smallest absolute Gasteiger partial charge is 0.183 e. The van der Waals surface area contributed by atoms with Gasteiger partial charge in [-0.15, -0.1) is 10.2 Å². The number of nitrogens with zero attached hydrogens (tertiary/aromatic N) is 2. The number of aromatic nitrogens is 2. The predicted octanol–water partition coefficient (Wildman–Crippen LogP) is 5.58. The third kappa shape index (κ3) is 2.86. The highest BCUT2D eigenvalue weighted by Crippen LogP contribution is 2.33. The molecule has 3 nitrogen and oxygen atoms in total. The van der Waals surface area contributed by atoms with Crippen molar-refractivity contribution in [3.8, 4) is 32.7 Å². The summed E-state index contributed by atoms with van der Waals surface area (Å²) in [6.45, 7) is 2.05. The summed E-state index contributed by atoms with van der Waals surface area (Å²) in [5.74, 6) is 1.07. The lowest BCUT2D eigenvalue weighted by Crippen LogP contribution is -1.78. The number of benzene rings is 2. The molecule has 2 heterocycles. The van der Waals surface area contributed by atoms with E-state index in [9.17, 15) is 4.39 Å². The van der Waals surface area contributed by atoms with Crippen LogP contribution in [-0.4, -0.2) is 10.2 Å². The van der Waals surface area contributed by atoms with Gasteiger partial charge in [0.1, 0.15) is 16.6 Å². The molecule has 0 saturated carbocycles. The maximum absolute atomic E-state index is 13.0. The van der Waals surface area contributed by atoms with Crippen LogP contribution >= 0.6 is 11.3 Å². The first kappa shape index (κ1) is 14.8. The molecule has 0 saturated heterocycles. The molecule has 4 rings (SSSR count). The van der Waals surface area contributed by atoms with Crippen LogP contribution in [0.25, 0.3) is 32.7 Å². The zero-order valence-electron chi connectivity index (χ0n) is 12.9. The van der Waals surface area contributed by atoms with E-state index in [1.807, 2.05) is 37.3 Å². The number of rotatable bonds is 3. The topological polar surface area (TPSA) is 38.9 Å². The van der Waals surface area contributed by atoms with Crippen LogP contribution in [0.4, 0.5) is 4.39 Å². The second kappa shape index (κ2) is 6.02. The van der Waals surface area contributed by atoms with Crippen LogP contribution in [-0.2, 0) is 0 Å². The maximum atomic E-state index is 13.0. The summed E-state index contributed by atoms with van der Waals surface area (Å²) in [7, 11) is 0. The van der Waals surface area contributed by atoms with E-state index in [0.29, 0.717) is 11.5 Å². The lowest BCUT2D eigenvalue weighted by Gasteiger charge is -1.96. The third-order valence-corrected chi connectivity index (χ3v) is 4.62. The molecule has 4 aromatic rings. The first-order chi connectivity index (χ1) is 11.7. The van der Waals surface area contributed by atoms with Gasteiger partial charge in [0.05, 0.1) is 0 Å². The molecule has 0 amide bonds. The second-order valence-electron chi connectivity index (χ2n) is 5.45. The Morgan fingerprint density at radius 2 is 1.58 bits per heavy atom. The number of hydrogen-bond acceptors (Lipinski definition) is 4. The Morgan fingerprint density at radius 3 is 2.38 bits per heavy atom. The Labute approximate surface area is 142 Å². The molecule has 0 aliphatic heterocycles. The molecule has 0 unspecified atom stereocenters. The molecule has 0 fully saturated rings. The zero-order valence-corrected chi connectivity index (χ0v) is 13.7. The van der Waals surface area contributed by atoms with E-state index in [0.717, 1.165) is 21.1 Å². The van der Waals surface area contributed by atoms with Crippen LogP contribution in [0.15, 0.2) is 65.1 Å². The Bertz CT molecular complexity index is 989. The van der Waals surface area contributed by atoms with Crippen molar-refractivity contribution in [2.24, 2.45) is 0 Å². The monoisotopic (exact) mass is 336 g/mol. The average molecular weight is 336 g/mol. The van der Waals surface area contributed by atoms with Gasteiger partial charge in [0.2, 0.25) is 0 Å². The van der Waals surface area contributed by atoms with Gasteiger partial charge < -0.3 is 4.42 Å². The molecule has 0 spiro atoms. The molecule has 118 valence electrons. The van der Waals surface area contributed by atoms with Crippen molar-refractivity contribution in [2.75, 3.05) is 0 Å². The predicted molar refractivity (Wildman–Crippen MR) is 93.2 cm³/mol. The molecule has 5 heteroatoms. The van der Waals surface area contributed by atoms with Gasteiger partial charge in [0.25, 0.3) is 0 Å². The van der Waals surface area contributed by atoms with Crippen LogP contribution in [0.1, 0.15) is 5.56 Å². The second-order valence-corrected chi connectivity index (χ2v) is 6.43. The van der Waals surface area contributed by atoms with Gasteiger partial charge in [-0.25, -0.2) is 4.39 Å². The minimum atomic E-state index is -0.266. The normalized spacial score (nSPS) is 10.9. The number of aryl methyl sites for hydroxylation is 1. The van der Waals surface area contributed by atoms with Gasteiger partial charge in [-0.1, -0.05) is 35.1 Å². The van der Waals surface area contributed by atoms with Crippen LogP contribution < -0.4 is 0 Å². The molecular weight excluding hydrogens is 323 g/mol. The Balaban J connectivity index is 1.65. The first-order valence-electron chi connectivity index (χ1n) is 7.46. The summed E-state index contributed by atoms with van der Waals surface area (Å²) >= 11 is 1.48. The molecule has 0 bridgehead atoms. The van der Waals surface area contributed by atoms with E-state index < -0.39 is 0 Å². The SMILES string of the molecule is Cc1cccc(-c2nnc(-c3ccc(-c4ccc(F)cc4)o3)s2)c1. The third-order valence-electron chi connectivity index (χ3n) is 3.64. The van der Waals surface area contributed by atoms with Gasteiger partial charge in [-0.05, 0) is 49.4 Å². The van der Waals surface area contributed by atoms with Gasteiger partial charge in [0.15, 0.2) is 10.8 Å². The van der Waals surface area contributed by atoms with E-state index in [-0.39, 0.29) is 5.82 Å². The van der Waals surface area contributed by atoms with Gasteiger partial charge >= 0.3 is 0 Å². The summed E-state index contributed by atoms with van der Waals surface area (Å²) in [5, 5.41) is 10.1. The molecule has 0 aliphatic carbocycles. The van der Waals surface area contributed by atoms with Crippen molar-refractivity contribution in [3.63, 3.8) is 0 Å². The molecule has 2 aromatic carbocycles. The summed E-state index contributed by atoms with van der Waals surface area (Å²) in [5.41, 5.74) is 3.05. The fourth-order valence-electron chi connectivity index (χ4n) is 2.44.